The van der Waals surface area contributed by atoms with Crippen molar-refractivity contribution in [2.75, 3.05) is 5.32 Å². The maximum absolute atomic E-state index is 13.6. The lowest BCUT2D eigenvalue weighted by Crippen LogP contribution is -2.11. The van der Waals surface area contributed by atoms with Gasteiger partial charge in [0.15, 0.2) is 11.5 Å². The van der Waals surface area contributed by atoms with Crippen molar-refractivity contribution in [1.29, 1.82) is 0 Å². The van der Waals surface area contributed by atoms with Crippen LogP contribution in [0.1, 0.15) is 16.1 Å². The third-order valence-corrected chi connectivity index (χ3v) is 3.55. The highest BCUT2D eigenvalue weighted by Gasteiger charge is 2.14. The Morgan fingerprint density at radius 3 is 2.61 bits per heavy atom. The average molecular weight is 331 g/mol. The summed E-state index contributed by atoms with van der Waals surface area (Å²) in [5, 5.41) is 6.98. The monoisotopic (exact) mass is 330 g/mol. The van der Waals surface area contributed by atoms with Crippen molar-refractivity contribution in [3.63, 3.8) is 0 Å². The van der Waals surface area contributed by atoms with Crippen LogP contribution in [0.5, 0.6) is 0 Å². The van der Waals surface area contributed by atoms with Crippen LogP contribution in [0, 0.1) is 12.7 Å². The number of halogens is 2. The second-order valence-electron chi connectivity index (χ2n) is 5.00. The molecule has 0 aliphatic carbocycles. The molecule has 1 N–H and O–H groups in total. The molecule has 4 nitrogen and oxygen atoms in total. The number of nitrogens with one attached hydrogen (secondary N) is 1. The van der Waals surface area contributed by atoms with Crippen LogP contribution in [0.3, 0.4) is 0 Å². The normalized spacial score (nSPS) is 10.6. The first kappa shape index (κ1) is 15.2. The smallest absolute Gasteiger partial charge is 0.277 e. The van der Waals surface area contributed by atoms with Crippen molar-refractivity contribution in [2.45, 2.75) is 6.92 Å². The zero-order chi connectivity index (χ0) is 16.4. The summed E-state index contributed by atoms with van der Waals surface area (Å²) < 4.78 is 18.7. The Kier molecular flexibility index (Phi) is 4.12. The molecule has 1 amide bonds. The van der Waals surface area contributed by atoms with E-state index in [1.54, 1.807) is 43.3 Å². The van der Waals surface area contributed by atoms with E-state index in [4.69, 9.17) is 16.1 Å². The van der Waals surface area contributed by atoms with Gasteiger partial charge < -0.3 is 9.84 Å². The molecular formula is C17H12ClFN2O2. The number of amides is 1. The van der Waals surface area contributed by atoms with Crippen molar-refractivity contribution < 1.29 is 13.7 Å². The molecule has 1 heterocycles. The molecule has 2 aromatic carbocycles. The first-order chi connectivity index (χ1) is 11.0. The van der Waals surface area contributed by atoms with E-state index in [9.17, 15) is 9.18 Å². The Morgan fingerprint density at radius 1 is 1.17 bits per heavy atom. The van der Waals surface area contributed by atoms with Crippen molar-refractivity contribution >= 4 is 23.2 Å². The molecule has 0 radical (unpaired) electrons. The van der Waals surface area contributed by atoms with Gasteiger partial charge in [-0.1, -0.05) is 28.9 Å². The first-order valence-electron chi connectivity index (χ1n) is 6.83. The van der Waals surface area contributed by atoms with Crippen LogP contribution < -0.4 is 5.32 Å². The van der Waals surface area contributed by atoms with Crippen LogP contribution in [0.4, 0.5) is 10.1 Å². The number of anilines is 1. The number of hydrogen-bond acceptors (Lipinski definition) is 3. The second kappa shape index (κ2) is 6.22. The zero-order valence-corrected chi connectivity index (χ0v) is 12.9. The molecule has 0 unspecified atom stereocenters. The average Bonchev–Trinajstić information content (AvgIpc) is 3.02. The van der Waals surface area contributed by atoms with E-state index in [1.807, 2.05) is 0 Å². The topological polar surface area (TPSA) is 55.1 Å². The number of nitrogens with zero attached hydrogens (tertiary/aromatic N) is 1. The molecule has 0 saturated carbocycles. The highest BCUT2D eigenvalue weighted by atomic mass is 35.5. The van der Waals surface area contributed by atoms with Crippen LogP contribution in [0.15, 0.2) is 53.1 Å². The lowest BCUT2D eigenvalue weighted by molar-refractivity contribution is 0.101. The highest BCUT2D eigenvalue weighted by Crippen LogP contribution is 2.23. The molecule has 0 saturated heterocycles. The molecule has 3 rings (SSSR count). The van der Waals surface area contributed by atoms with E-state index >= 15 is 0 Å². The van der Waals surface area contributed by atoms with Gasteiger partial charge >= 0.3 is 0 Å². The SMILES string of the molecule is Cc1ccc(-c2cc(C(=O)Nc3ccc(Cl)cc3)no2)cc1F. The number of rotatable bonds is 3. The van der Waals surface area contributed by atoms with Gasteiger partial charge in [-0.05, 0) is 42.8 Å². The molecule has 23 heavy (non-hydrogen) atoms. The van der Waals surface area contributed by atoms with Gasteiger partial charge in [-0.2, -0.15) is 0 Å². The van der Waals surface area contributed by atoms with E-state index in [1.165, 1.54) is 12.1 Å². The summed E-state index contributed by atoms with van der Waals surface area (Å²) in [5.74, 6) is -0.439. The van der Waals surface area contributed by atoms with Gasteiger partial charge in [0.05, 0.1) is 0 Å². The molecule has 6 heteroatoms. The molecule has 0 aliphatic heterocycles. The Hall–Kier alpha value is -2.66. The van der Waals surface area contributed by atoms with Crippen molar-refractivity contribution in [3.8, 4) is 11.3 Å². The Bertz CT molecular complexity index is 859. The third kappa shape index (κ3) is 3.40. The lowest BCUT2D eigenvalue weighted by atomic mass is 10.1. The van der Waals surface area contributed by atoms with Gasteiger partial charge in [0, 0.05) is 22.3 Å². The summed E-state index contributed by atoms with van der Waals surface area (Å²) in [4.78, 5) is 12.1. The summed E-state index contributed by atoms with van der Waals surface area (Å²) in [5.41, 5.74) is 1.75. The zero-order valence-electron chi connectivity index (χ0n) is 12.1. The van der Waals surface area contributed by atoms with Crippen LogP contribution in [0.2, 0.25) is 5.02 Å². The fourth-order valence-electron chi connectivity index (χ4n) is 1.99. The molecule has 0 spiro atoms. The van der Waals surface area contributed by atoms with Gasteiger partial charge in [0.2, 0.25) is 0 Å². The van der Waals surface area contributed by atoms with Crippen molar-refractivity contribution in [1.82, 2.24) is 5.16 Å². The summed E-state index contributed by atoms with van der Waals surface area (Å²) >= 11 is 5.79. The highest BCUT2D eigenvalue weighted by molar-refractivity contribution is 6.30. The van der Waals surface area contributed by atoms with E-state index in [-0.39, 0.29) is 11.5 Å². The fourth-order valence-corrected chi connectivity index (χ4v) is 2.12. The number of carbonyl (C=O) groups is 1. The van der Waals surface area contributed by atoms with E-state index in [0.29, 0.717) is 27.6 Å². The van der Waals surface area contributed by atoms with E-state index in [0.717, 1.165) is 0 Å². The van der Waals surface area contributed by atoms with Crippen LogP contribution in [0.25, 0.3) is 11.3 Å². The standard InChI is InChI=1S/C17H12ClFN2O2/c1-10-2-3-11(8-14(10)19)16-9-15(21-23-16)17(22)20-13-6-4-12(18)5-7-13/h2-9H,1H3,(H,20,22). The first-order valence-corrected chi connectivity index (χ1v) is 7.21. The van der Waals surface area contributed by atoms with Crippen LogP contribution in [-0.4, -0.2) is 11.1 Å². The van der Waals surface area contributed by atoms with Crippen LogP contribution >= 0.6 is 11.6 Å². The number of carbonyl (C=O) groups excluding carboxylic acids is 1. The van der Waals surface area contributed by atoms with Crippen molar-refractivity contribution in [3.05, 3.63) is 70.6 Å². The van der Waals surface area contributed by atoms with E-state index < -0.39 is 5.91 Å². The summed E-state index contributed by atoms with van der Waals surface area (Å²) in [6.45, 7) is 1.67. The second-order valence-corrected chi connectivity index (χ2v) is 5.44. The number of benzene rings is 2. The maximum atomic E-state index is 13.6. The van der Waals surface area contributed by atoms with E-state index in [2.05, 4.69) is 10.5 Å². The molecule has 0 atom stereocenters. The van der Waals surface area contributed by atoms with Gasteiger partial charge in [0.1, 0.15) is 5.82 Å². The molecule has 1 aromatic heterocycles. The Balaban J connectivity index is 1.79. The summed E-state index contributed by atoms with van der Waals surface area (Å²) in [7, 11) is 0. The molecule has 0 aliphatic rings. The van der Waals surface area contributed by atoms with Gasteiger partial charge in [0.25, 0.3) is 5.91 Å². The quantitative estimate of drug-likeness (QED) is 0.757. The molecule has 0 bridgehead atoms. The lowest BCUT2D eigenvalue weighted by Gasteiger charge is -2.02. The maximum Gasteiger partial charge on any atom is 0.277 e. The number of aryl methyl sites for hydroxylation is 1. The van der Waals surface area contributed by atoms with Gasteiger partial charge in [-0.25, -0.2) is 4.39 Å². The van der Waals surface area contributed by atoms with Crippen LogP contribution in [-0.2, 0) is 0 Å². The molecule has 116 valence electrons. The molecule has 3 aromatic rings. The predicted molar refractivity (Wildman–Crippen MR) is 86.0 cm³/mol. The summed E-state index contributed by atoms with van der Waals surface area (Å²) in [6, 6.07) is 12.8. The van der Waals surface area contributed by atoms with Gasteiger partial charge in [-0.3, -0.25) is 4.79 Å². The van der Waals surface area contributed by atoms with Crippen molar-refractivity contribution in [2.24, 2.45) is 0 Å². The minimum Gasteiger partial charge on any atom is -0.355 e. The Labute approximate surface area is 136 Å². The third-order valence-electron chi connectivity index (χ3n) is 3.30. The molecular weight excluding hydrogens is 319 g/mol. The van der Waals surface area contributed by atoms with Gasteiger partial charge in [-0.15, -0.1) is 0 Å². The minimum absolute atomic E-state index is 0.107. The summed E-state index contributed by atoms with van der Waals surface area (Å²) in [6.07, 6.45) is 0. The largest absolute Gasteiger partial charge is 0.355 e. The minimum atomic E-state index is -0.421. The fraction of sp³-hybridized carbons (Fsp3) is 0.0588. The Morgan fingerprint density at radius 2 is 1.91 bits per heavy atom. The predicted octanol–water partition coefficient (Wildman–Crippen LogP) is 4.69. The molecule has 0 fully saturated rings. The number of hydrogen-bond donors (Lipinski definition) is 1. The number of aromatic nitrogens is 1.